The van der Waals surface area contributed by atoms with E-state index in [2.05, 4.69) is 75.0 Å². The van der Waals surface area contributed by atoms with Gasteiger partial charge in [0.25, 0.3) is 0 Å². The van der Waals surface area contributed by atoms with Gasteiger partial charge in [0.15, 0.2) is 0 Å². The molecular formula is C39H48N14O2. The summed E-state index contributed by atoms with van der Waals surface area (Å²) in [6, 6.07) is 11.4. The molecular weight excluding hydrogens is 697 g/mol. The third kappa shape index (κ3) is 9.21. The van der Waals surface area contributed by atoms with Gasteiger partial charge in [-0.25, -0.2) is 28.9 Å². The maximum atomic E-state index is 12.3. The zero-order chi connectivity index (χ0) is 38.3. The number of urea groups is 2. The Kier molecular flexibility index (Phi) is 11.5. The molecule has 8 heterocycles. The molecule has 55 heavy (non-hydrogen) atoms. The first kappa shape index (κ1) is 37.3. The number of aromatic nitrogens is 8. The second-order valence-corrected chi connectivity index (χ2v) is 14.0. The molecule has 4 amide bonds. The molecule has 0 aliphatic carbocycles. The number of likely N-dealkylation sites (N-methyl/N-ethyl adjacent to an activating group) is 1. The van der Waals surface area contributed by atoms with Crippen LogP contribution in [-0.2, 0) is 0 Å². The van der Waals surface area contributed by atoms with Gasteiger partial charge >= 0.3 is 12.1 Å². The van der Waals surface area contributed by atoms with Gasteiger partial charge in [-0.15, -0.1) is 0 Å². The van der Waals surface area contributed by atoms with Crippen LogP contribution in [0.15, 0.2) is 73.6 Å². The van der Waals surface area contributed by atoms with E-state index in [1.165, 1.54) is 0 Å². The van der Waals surface area contributed by atoms with Crippen molar-refractivity contribution >= 4 is 45.5 Å². The first-order valence-corrected chi connectivity index (χ1v) is 18.9. The molecule has 16 nitrogen and oxygen atoms in total. The summed E-state index contributed by atoms with van der Waals surface area (Å²) in [6.07, 6.45) is 13.6. The molecule has 2 aliphatic heterocycles. The highest BCUT2D eigenvalue weighted by molar-refractivity contribution is 5.92. The van der Waals surface area contributed by atoms with Crippen LogP contribution in [0.4, 0.5) is 21.2 Å². The summed E-state index contributed by atoms with van der Waals surface area (Å²) < 4.78 is 3.64. The number of anilines is 2. The summed E-state index contributed by atoms with van der Waals surface area (Å²) in [4.78, 5) is 46.5. The molecule has 0 unspecified atom stereocenters. The van der Waals surface area contributed by atoms with E-state index < -0.39 is 0 Å². The van der Waals surface area contributed by atoms with Crippen molar-refractivity contribution in [2.75, 3.05) is 49.9 Å². The molecule has 2 saturated heterocycles. The summed E-state index contributed by atoms with van der Waals surface area (Å²) >= 11 is 0. The Morgan fingerprint density at radius 2 is 1.16 bits per heavy atom. The van der Waals surface area contributed by atoms with Crippen molar-refractivity contribution in [3.63, 3.8) is 0 Å². The van der Waals surface area contributed by atoms with Crippen molar-refractivity contribution in [3.8, 4) is 11.4 Å². The van der Waals surface area contributed by atoms with Crippen LogP contribution in [0.25, 0.3) is 33.2 Å². The van der Waals surface area contributed by atoms with Gasteiger partial charge in [0.1, 0.15) is 11.6 Å². The van der Waals surface area contributed by atoms with Crippen molar-refractivity contribution in [3.05, 3.63) is 85.0 Å². The molecule has 4 N–H and O–H groups in total. The highest BCUT2D eigenvalue weighted by Crippen LogP contribution is 2.22. The fourth-order valence-electron chi connectivity index (χ4n) is 7.11. The summed E-state index contributed by atoms with van der Waals surface area (Å²) in [7, 11) is 0. The molecule has 0 radical (unpaired) electrons. The normalized spacial score (nSPS) is 17.2. The number of hydrogen-bond acceptors (Lipinski definition) is 10. The molecule has 2 fully saturated rings. The van der Waals surface area contributed by atoms with Crippen LogP contribution >= 0.6 is 0 Å². The van der Waals surface area contributed by atoms with E-state index in [1.807, 2.05) is 59.6 Å². The first-order chi connectivity index (χ1) is 26.7. The van der Waals surface area contributed by atoms with Gasteiger partial charge in [-0.2, -0.15) is 10.2 Å². The first-order valence-electron chi connectivity index (χ1n) is 18.9. The Morgan fingerprint density at radius 3 is 1.62 bits per heavy atom. The van der Waals surface area contributed by atoms with Crippen LogP contribution in [0.5, 0.6) is 0 Å². The van der Waals surface area contributed by atoms with Crippen molar-refractivity contribution in [1.29, 1.82) is 0 Å². The molecule has 16 heteroatoms. The number of carbonyl (C=O) groups is 2. The number of pyridine rings is 4. The van der Waals surface area contributed by atoms with Crippen LogP contribution in [0.3, 0.4) is 0 Å². The van der Waals surface area contributed by atoms with E-state index in [0.717, 1.165) is 103 Å². The zero-order valence-electron chi connectivity index (χ0n) is 31.7. The Balaban J connectivity index is 0.000000169. The number of rotatable bonds is 9. The third-order valence-electron chi connectivity index (χ3n) is 9.84. The Labute approximate surface area is 319 Å². The van der Waals surface area contributed by atoms with E-state index in [4.69, 9.17) is 0 Å². The average molecular weight is 745 g/mol. The summed E-state index contributed by atoms with van der Waals surface area (Å²) in [5.74, 6) is 1.02. The molecule has 6 aromatic heterocycles. The summed E-state index contributed by atoms with van der Waals surface area (Å²) in [5, 5.41) is 22.4. The molecule has 286 valence electrons. The molecule has 0 bridgehead atoms. The average Bonchev–Trinajstić information content (AvgIpc) is 3.99. The third-order valence-corrected chi connectivity index (χ3v) is 9.84. The number of amides is 4. The highest BCUT2D eigenvalue weighted by Gasteiger charge is 2.24. The predicted molar refractivity (Wildman–Crippen MR) is 213 cm³/mol. The molecule has 0 aromatic carbocycles. The SMILES string of the molecule is CCCN1CC[C@@H](NC(=O)Nc2cc3cnn(-c4ccnc(C)c4)c3cn2)C1.CCN1CC[C@@H](NC(=O)Nc2cc3cnn(-c4ccnc(C)c4)c3cn2)C1. The largest absolute Gasteiger partial charge is 0.334 e. The molecule has 2 atom stereocenters. The number of hydrogen-bond donors (Lipinski definition) is 4. The number of nitrogens with one attached hydrogen (secondary N) is 4. The van der Waals surface area contributed by atoms with Crippen LogP contribution < -0.4 is 21.3 Å². The Hall–Kier alpha value is -6.00. The minimum atomic E-state index is -0.220. The van der Waals surface area contributed by atoms with Crippen molar-refractivity contribution in [2.45, 2.75) is 59.0 Å². The van der Waals surface area contributed by atoms with Gasteiger partial charge in [-0.3, -0.25) is 20.6 Å². The van der Waals surface area contributed by atoms with Crippen LogP contribution in [0, 0.1) is 13.8 Å². The molecule has 2 aliphatic rings. The van der Waals surface area contributed by atoms with Crippen LogP contribution in [0.2, 0.25) is 0 Å². The summed E-state index contributed by atoms with van der Waals surface area (Å²) in [6.45, 7) is 14.2. The topological polar surface area (TPSA) is 176 Å². The standard InChI is InChI=1S/C20H25N7O.C19H23N7O/c1-3-7-26-8-5-16(13-26)24-20(28)25-19-10-15-11-23-27(18(15)12-22-19)17-4-6-21-14(2)9-17;1-3-25-7-5-15(12-25)23-19(27)24-18-9-14-10-22-26(17(14)11-21-18)16-4-6-20-13(2)8-16/h4,6,9-12,16H,3,5,7-8,13H2,1-2H3,(H2,22,24,25,28);4,6,8-11,15H,3,5,7,12H2,1-2H3,(H2,21,23,24,27)/t16-;15-/m11/s1. The number of carbonyl (C=O) groups excluding carboxylic acids is 2. The predicted octanol–water partition coefficient (Wildman–Crippen LogP) is 5.07. The number of likely N-dealkylation sites (tertiary alicyclic amines) is 2. The number of aryl methyl sites for hydroxylation is 2. The van der Waals surface area contributed by atoms with Crippen LogP contribution in [-0.4, -0.2) is 113 Å². The zero-order valence-corrected chi connectivity index (χ0v) is 31.7. The fourth-order valence-corrected chi connectivity index (χ4v) is 7.11. The van der Waals surface area contributed by atoms with Gasteiger partial charge in [0.2, 0.25) is 0 Å². The van der Waals surface area contributed by atoms with E-state index in [9.17, 15) is 9.59 Å². The van der Waals surface area contributed by atoms with Crippen molar-refractivity contribution < 1.29 is 9.59 Å². The Bertz CT molecular complexity index is 2270. The Morgan fingerprint density at radius 1 is 0.673 bits per heavy atom. The molecule has 0 saturated carbocycles. The molecule has 8 rings (SSSR count). The minimum absolute atomic E-state index is 0.186. The van der Waals surface area contributed by atoms with E-state index in [-0.39, 0.29) is 24.1 Å². The highest BCUT2D eigenvalue weighted by atomic mass is 16.2. The van der Waals surface area contributed by atoms with E-state index >= 15 is 0 Å². The summed E-state index contributed by atoms with van der Waals surface area (Å²) in [5.41, 5.74) is 5.46. The van der Waals surface area contributed by atoms with E-state index in [0.29, 0.717) is 11.6 Å². The maximum Gasteiger partial charge on any atom is 0.320 e. The second kappa shape index (κ2) is 17.0. The number of nitrogens with zero attached hydrogens (tertiary/aromatic N) is 10. The monoisotopic (exact) mass is 744 g/mol. The second-order valence-electron chi connectivity index (χ2n) is 14.0. The van der Waals surface area contributed by atoms with Crippen molar-refractivity contribution in [1.82, 2.24) is 59.9 Å². The van der Waals surface area contributed by atoms with E-state index in [1.54, 1.807) is 37.2 Å². The van der Waals surface area contributed by atoms with Crippen molar-refractivity contribution in [2.24, 2.45) is 0 Å². The lowest BCUT2D eigenvalue weighted by Crippen LogP contribution is -2.39. The molecule has 6 aromatic rings. The minimum Gasteiger partial charge on any atom is -0.334 e. The fraction of sp³-hybridized carbons (Fsp3) is 0.385. The van der Waals surface area contributed by atoms with Gasteiger partial charge in [-0.1, -0.05) is 13.8 Å². The smallest absolute Gasteiger partial charge is 0.320 e. The quantitative estimate of drug-likeness (QED) is 0.156. The molecule has 0 spiro atoms. The van der Waals surface area contributed by atoms with Gasteiger partial charge in [0, 0.05) is 72.8 Å². The maximum absolute atomic E-state index is 12.3. The number of fused-ring (bicyclic) bond motifs is 2. The lowest BCUT2D eigenvalue weighted by Gasteiger charge is -2.16. The van der Waals surface area contributed by atoms with Gasteiger partial charge in [-0.05, 0) is 82.6 Å². The lowest BCUT2D eigenvalue weighted by molar-refractivity contribution is 0.246. The van der Waals surface area contributed by atoms with Crippen LogP contribution in [0.1, 0.15) is 44.5 Å². The van der Waals surface area contributed by atoms with Gasteiger partial charge in [0.05, 0.1) is 47.2 Å². The lowest BCUT2D eigenvalue weighted by atomic mass is 10.3. The van der Waals surface area contributed by atoms with Gasteiger partial charge < -0.3 is 20.4 Å².